The summed E-state index contributed by atoms with van der Waals surface area (Å²) in [5, 5.41) is 0. The van der Waals surface area contributed by atoms with E-state index in [1.54, 1.807) is 6.92 Å². The lowest BCUT2D eigenvalue weighted by molar-refractivity contribution is -0.144. The number of carbonyl (C=O) groups is 1. The van der Waals surface area contributed by atoms with Gasteiger partial charge in [0.1, 0.15) is 12.6 Å². The molecule has 3 heteroatoms. The van der Waals surface area contributed by atoms with Gasteiger partial charge in [-0.1, -0.05) is 6.92 Å². The summed E-state index contributed by atoms with van der Waals surface area (Å²) >= 11 is 0. The second kappa shape index (κ2) is 2.82. The molecule has 53 valence electrons. The number of nitrogens with two attached hydrogens (primary N) is 1. The summed E-state index contributed by atoms with van der Waals surface area (Å²) in [5.41, 5.74) is 4.58. The standard InChI is InChI=1S/C6H12NO2/c1-4-6(2,7)5(8)9-3/h3-4,7H2,1-2H3/t6-/m1/s1. The van der Waals surface area contributed by atoms with Gasteiger partial charge in [0, 0.05) is 0 Å². The van der Waals surface area contributed by atoms with Crippen molar-refractivity contribution >= 4 is 5.97 Å². The van der Waals surface area contributed by atoms with Crippen LogP contribution in [0.2, 0.25) is 0 Å². The minimum absolute atomic E-state index is 0.468. The van der Waals surface area contributed by atoms with Crippen LogP contribution < -0.4 is 5.73 Å². The van der Waals surface area contributed by atoms with Crippen LogP contribution in [-0.4, -0.2) is 11.5 Å². The Morgan fingerprint density at radius 3 is 2.44 bits per heavy atom. The van der Waals surface area contributed by atoms with Crippen LogP contribution in [0, 0.1) is 7.11 Å². The Bertz CT molecular complexity index is 110. The fourth-order valence-corrected chi connectivity index (χ4v) is 0.309. The zero-order valence-corrected chi connectivity index (χ0v) is 5.81. The van der Waals surface area contributed by atoms with Crippen LogP contribution >= 0.6 is 0 Å². The Kier molecular flexibility index (Phi) is 2.65. The second-order valence-corrected chi connectivity index (χ2v) is 2.20. The maximum Gasteiger partial charge on any atom is 0.325 e. The second-order valence-electron chi connectivity index (χ2n) is 2.20. The molecule has 0 aliphatic heterocycles. The van der Waals surface area contributed by atoms with Crippen LogP contribution in [0.5, 0.6) is 0 Å². The number of ether oxygens (including phenoxy) is 1. The molecule has 0 aromatic heterocycles. The van der Waals surface area contributed by atoms with Gasteiger partial charge < -0.3 is 10.5 Å². The zero-order valence-electron chi connectivity index (χ0n) is 5.81. The van der Waals surface area contributed by atoms with Gasteiger partial charge in [0.2, 0.25) is 0 Å². The lowest BCUT2D eigenvalue weighted by Gasteiger charge is -2.17. The lowest BCUT2D eigenvalue weighted by Crippen LogP contribution is -2.44. The highest BCUT2D eigenvalue weighted by molar-refractivity contribution is 5.79. The predicted octanol–water partition coefficient (Wildman–Crippen LogP) is 0.449. The van der Waals surface area contributed by atoms with Gasteiger partial charge in [-0.2, -0.15) is 0 Å². The molecule has 0 saturated carbocycles. The monoisotopic (exact) mass is 130 g/mol. The third kappa shape index (κ3) is 2.01. The number of hydrogen-bond donors (Lipinski definition) is 1. The van der Waals surface area contributed by atoms with E-state index >= 15 is 0 Å². The molecule has 0 aromatic rings. The summed E-state index contributed by atoms with van der Waals surface area (Å²) in [6.07, 6.45) is 0.557. The molecule has 0 bridgehead atoms. The van der Waals surface area contributed by atoms with E-state index in [9.17, 15) is 4.79 Å². The molecule has 0 spiro atoms. The van der Waals surface area contributed by atoms with E-state index in [2.05, 4.69) is 11.8 Å². The average molecular weight is 130 g/mol. The quantitative estimate of drug-likeness (QED) is 0.552. The fourth-order valence-electron chi connectivity index (χ4n) is 0.309. The molecule has 9 heavy (non-hydrogen) atoms. The number of esters is 1. The first-order chi connectivity index (χ1) is 4.04. The highest BCUT2D eigenvalue weighted by atomic mass is 16.5. The van der Waals surface area contributed by atoms with Crippen molar-refractivity contribution in [3.05, 3.63) is 7.11 Å². The van der Waals surface area contributed by atoms with E-state index < -0.39 is 11.5 Å². The van der Waals surface area contributed by atoms with Crippen LogP contribution in [-0.2, 0) is 9.53 Å². The van der Waals surface area contributed by atoms with Crippen molar-refractivity contribution in [1.82, 2.24) is 0 Å². The number of carbonyl (C=O) groups excluding carboxylic acids is 1. The van der Waals surface area contributed by atoms with Crippen LogP contribution in [0.3, 0.4) is 0 Å². The highest BCUT2D eigenvalue weighted by Crippen LogP contribution is 2.05. The van der Waals surface area contributed by atoms with E-state index in [4.69, 9.17) is 5.73 Å². The fraction of sp³-hybridized carbons (Fsp3) is 0.667. The van der Waals surface area contributed by atoms with Crippen molar-refractivity contribution in [2.75, 3.05) is 0 Å². The largest absolute Gasteiger partial charge is 0.461 e. The molecule has 0 unspecified atom stereocenters. The molecule has 2 N–H and O–H groups in total. The van der Waals surface area contributed by atoms with Gasteiger partial charge in [0.15, 0.2) is 0 Å². The number of rotatable bonds is 2. The Labute approximate surface area is 55.2 Å². The Hall–Kier alpha value is -0.570. The molecule has 0 aliphatic rings. The van der Waals surface area contributed by atoms with Crippen molar-refractivity contribution < 1.29 is 9.53 Å². The summed E-state index contributed by atoms with van der Waals surface area (Å²) in [5.74, 6) is -0.468. The summed E-state index contributed by atoms with van der Waals surface area (Å²) in [7, 11) is 2.97. The Morgan fingerprint density at radius 2 is 2.33 bits per heavy atom. The maximum absolute atomic E-state index is 10.7. The lowest BCUT2D eigenvalue weighted by atomic mass is 10.0. The SMILES string of the molecule is [CH2]OC(=O)[C@](C)(N)CC. The minimum atomic E-state index is -0.873. The normalized spacial score (nSPS) is 16.4. The van der Waals surface area contributed by atoms with Gasteiger partial charge in [0.25, 0.3) is 0 Å². The third-order valence-corrected chi connectivity index (χ3v) is 1.33. The molecule has 0 amide bonds. The first-order valence-corrected chi connectivity index (χ1v) is 2.80. The van der Waals surface area contributed by atoms with Crippen LogP contribution in [0.4, 0.5) is 0 Å². The first kappa shape index (κ1) is 8.43. The van der Waals surface area contributed by atoms with E-state index in [1.165, 1.54) is 0 Å². The van der Waals surface area contributed by atoms with Crippen molar-refractivity contribution in [3.63, 3.8) is 0 Å². The molecule has 0 saturated heterocycles. The summed E-state index contributed by atoms with van der Waals surface area (Å²) < 4.78 is 4.19. The highest BCUT2D eigenvalue weighted by Gasteiger charge is 2.26. The third-order valence-electron chi connectivity index (χ3n) is 1.33. The van der Waals surface area contributed by atoms with Crippen molar-refractivity contribution in [1.29, 1.82) is 0 Å². The number of hydrogen-bond acceptors (Lipinski definition) is 3. The van der Waals surface area contributed by atoms with Crippen LogP contribution in [0.1, 0.15) is 20.3 Å². The first-order valence-electron chi connectivity index (χ1n) is 2.80. The molecule has 0 rings (SSSR count). The average Bonchev–Trinajstić information content (AvgIpc) is 1.86. The minimum Gasteiger partial charge on any atom is -0.461 e. The summed E-state index contributed by atoms with van der Waals surface area (Å²) in [6.45, 7) is 3.43. The molecule has 1 atom stereocenters. The van der Waals surface area contributed by atoms with E-state index in [0.29, 0.717) is 6.42 Å². The molecule has 0 aromatic carbocycles. The van der Waals surface area contributed by atoms with Gasteiger partial charge >= 0.3 is 5.97 Å². The Balaban J connectivity index is 3.97. The van der Waals surface area contributed by atoms with E-state index in [1.807, 2.05) is 6.92 Å². The van der Waals surface area contributed by atoms with Crippen molar-refractivity contribution in [2.24, 2.45) is 5.73 Å². The van der Waals surface area contributed by atoms with Gasteiger partial charge in [-0.15, -0.1) is 0 Å². The molecular weight excluding hydrogens is 118 g/mol. The van der Waals surface area contributed by atoms with Crippen molar-refractivity contribution in [2.45, 2.75) is 25.8 Å². The summed E-state index contributed by atoms with van der Waals surface area (Å²) in [6, 6.07) is 0. The van der Waals surface area contributed by atoms with Gasteiger partial charge in [-0.05, 0) is 13.3 Å². The molecule has 0 aliphatic carbocycles. The van der Waals surface area contributed by atoms with E-state index in [0.717, 1.165) is 0 Å². The van der Waals surface area contributed by atoms with Gasteiger partial charge in [0.05, 0.1) is 0 Å². The van der Waals surface area contributed by atoms with Gasteiger partial charge in [-0.25, -0.2) is 0 Å². The molecular formula is C6H12NO2. The smallest absolute Gasteiger partial charge is 0.325 e. The predicted molar refractivity (Wildman–Crippen MR) is 34.3 cm³/mol. The molecule has 0 heterocycles. The molecule has 1 radical (unpaired) electrons. The zero-order chi connectivity index (χ0) is 7.49. The van der Waals surface area contributed by atoms with Gasteiger partial charge in [-0.3, -0.25) is 4.79 Å². The molecule has 0 fully saturated rings. The maximum atomic E-state index is 10.7. The topological polar surface area (TPSA) is 52.3 Å². The van der Waals surface area contributed by atoms with Crippen LogP contribution in [0.15, 0.2) is 0 Å². The summed E-state index contributed by atoms with van der Waals surface area (Å²) in [4.78, 5) is 10.7. The Morgan fingerprint density at radius 1 is 1.89 bits per heavy atom. The van der Waals surface area contributed by atoms with Crippen molar-refractivity contribution in [3.8, 4) is 0 Å². The molecule has 3 nitrogen and oxygen atoms in total. The van der Waals surface area contributed by atoms with Crippen LogP contribution in [0.25, 0.3) is 0 Å². The van der Waals surface area contributed by atoms with E-state index in [-0.39, 0.29) is 0 Å².